The fourth-order valence-corrected chi connectivity index (χ4v) is 5.79. The van der Waals surface area contributed by atoms with Crippen LogP contribution in [0.25, 0.3) is 0 Å². The molecular formula is C20H35N3O2. The number of likely N-dealkylation sites (tertiary alicyclic amines) is 1. The first-order chi connectivity index (χ1) is 12.0. The summed E-state index contributed by atoms with van der Waals surface area (Å²) in [5, 5.41) is 4.80. The summed E-state index contributed by atoms with van der Waals surface area (Å²) in [6.07, 6.45) is 5.24. The summed E-state index contributed by atoms with van der Waals surface area (Å²) in [5.41, 5.74) is 1.79. The molecule has 2 heterocycles. The molecule has 2 saturated carbocycles. The van der Waals surface area contributed by atoms with Crippen molar-refractivity contribution in [3.63, 3.8) is 0 Å². The second kappa shape index (κ2) is 6.82. The molecule has 0 N–H and O–H groups in total. The van der Waals surface area contributed by atoms with Crippen molar-refractivity contribution in [1.82, 2.24) is 9.80 Å². The molecule has 142 valence electrons. The summed E-state index contributed by atoms with van der Waals surface area (Å²) in [7, 11) is 0. The molecule has 25 heavy (non-hydrogen) atoms. The van der Waals surface area contributed by atoms with Crippen LogP contribution in [0.1, 0.15) is 46.5 Å². The maximum absolute atomic E-state index is 5.90. The second-order valence-corrected chi connectivity index (χ2v) is 9.15. The van der Waals surface area contributed by atoms with Crippen molar-refractivity contribution < 1.29 is 9.57 Å². The van der Waals surface area contributed by atoms with Crippen molar-refractivity contribution in [2.24, 2.45) is 21.9 Å². The average molecular weight is 350 g/mol. The van der Waals surface area contributed by atoms with Crippen molar-refractivity contribution in [3.05, 3.63) is 0 Å². The van der Waals surface area contributed by atoms with Gasteiger partial charge in [-0.3, -0.25) is 9.80 Å². The van der Waals surface area contributed by atoms with Crippen LogP contribution < -0.4 is 0 Å². The monoisotopic (exact) mass is 349 g/mol. The van der Waals surface area contributed by atoms with Gasteiger partial charge in [-0.1, -0.05) is 25.9 Å². The van der Waals surface area contributed by atoms with Crippen LogP contribution in [0.4, 0.5) is 0 Å². The van der Waals surface area contributed by atoms with Crippen molar-refractivity contribution >= 4 is 5.71 Å². The van der Waals surface area contributed by atoms with Crippen LogP contribution >= 0.6 is 0 Å². The fourth-order valence-electron chi connectivity index (χ4n) is 5.79. The lowest BCUT2D eigenvalue weighted by molar-refractivity contribution is 0.0123. The smallest absolute Gasteiger partial charge is 0.129 e. The maximum Gasteiger partial charge on any atom is 0.129 e. The number of fused-ring (bicyclic) bond motifs is 2. The lowest BCUT2D eigenvalue weighted by Crippen LogP contribution is -2.51. The molecule has 5 nitrogen and oxygen atoms in total. The highest BCUT2D eigenvalue weighted by Gasteiger charge is 2.66. The number of oxime groups is 1. The van der Waals surface area contributed by atoms with Gasteiger partial charge in [0.1, 0.15) is 6.61 Å². The Morgan fingerprint density at radius 2 is 1.84 bits per heavy atom. The highest BCUT2D eigenvalue weighted by Crippen LogP contribution is 2.65. The Hall–Kier alpha value is -0.650. The van der Waals surface area contributed by atoms with Crippen molar-refractivity contribution in [2.75, 3.05) is 52.5 Å². The van der Waals surface area contributed by atoms with Crippen LogP contribution in [0.2, 0.25) is 0 Å². The van der Waals surface area contributed by atoms with Crippen LogP contribution in [0.5, 0.6) is 0 Å². The van der Waals surface area contributed by atoms with Gasteiger partial charge in [0.05, 0.1) is 25.0 Å². The van der Waals surface area contributed by atoms with E-state index in [0.717, 1.165) is 39.5 Å². The van der Waals surface area contributed by atoms with E-state index < -0.39 is 0 Å². The zero-order valence-electron chi connectivity index (χ0n) is 16.3. The molecule has 5 heteroatoms. The minimum absolute atomic E-state index is 0.175. The minimum atomic E-state index is 0.175. The van der Waals surface area contributed by atoms with Gasteiger partial charge in [-0.15, -0.1) is 0 Å². The number of nitrogens with zero attached hydrogens (tertiary/aromatic N) is 3. The van der Waals surface area contributed by atoms with Gasteiger partial charge >= 0.3 is 0 Å². The van der Waals surface area contributed by atoms with Gasteiger partial charge in [0.2, 0.25) is 0 Å². The highest BCUT2D eigenvalue weighted by atomic mass is 16.6. The fraction of sp³-hybridized carbons (Fsp3) is 0.950. The summed E-state index contributed by atoms with van der Waals surface area (Å²) >= 11 is 0. The van der Waals surface area contributed by atoms with Gasteiger partial charge in [-0.2, -0.15) is 0 Å². The summed E-state index contributed by atoms with van der Waals surface area (Å²) < 4.78 is 5.59. The van der Waals surface area contributed by atoms with Gasteiger partial charge in [0.15, 0.2) is 0 Å². The van der Waals surface area contributed by atoms with Gasteiger partial charge in [-0.05, 0) is 50.1 Å². The molecular weight excluding hydrogens is 314 g/mol. The van der Waals surface area contributed by atoms with E-state index in [1.807, 2.05) is 0 Å². The van der Waals surface area contributed by atoms with E-state index in [-0.39, 0.29) is 5.41 Å². The van der Waals surface area contributed by atoms with Crippen molar-refractivity contribution in [2.45, 2.75) is 52.5 Å². The third-order valence-electron chi connectivity index (χ3n) is 7.83. The first-order valence-electron chi connectivity index (χ1n) is 10.3. The van der Waals surface area contributed by atoms with Crippen LogP contribution in [-0.2, 0) is 9.57 Å². The van der Waals surface area contributed by atoms with Gasteiger partial charge < -0.3 is 9.57 Å². The van der Waals surface area contributed by atoms with Gasteiger partial charge in [-0.25, -0.2) is 0 Å². The Bertz CT molecular complexity index is 509. The Morgan fingerprint density at radius 3 is 2.56 bits per heavy atom. The molecule has 2 bridgehead atoms. The topological polar surface area (TPSA) is 37.3 Å². The van der Waals surface area contributed by atoms with E-state index in [2.05, 4.69) is 30.6 Å². The Balaban J connectivity index is 1.48. The first kappa shape index (κ1) is 17.7. The minimum Gasteiger partial charge on any atom is -0.394 e. The molecule has 2 aliphatic heterocycles. The zero-order chi connectivity index (χ0) is 17.5. The summed E-state index contributed by atoms with van der Waals surface area (Å²) in [4.78, 5) is 11.0. The molecule has 0 spiro atoms. The number of hydrogen-bond acceptors (Lipinski definition) is 5. The van der Waals surface area contributed by atoms with Gasteiger partial charge in [0.25, 0.3) is 0 Å². The standard InChI is InChI=1S/C20H35N3O2/c1-19(2)16-6-7-20(19,3)18(17(16)23-11-13-24-14-12-23)21-25-15-10-22-8-4-5-9-22/h16-17H,4-15H2,1-3H3/t16?,17-,20?/m0/s1. The zero-order valence-corrected chi connectivity index (χ0v) is 16.3. The van der Waals surface area contributed by atoms with E-state index in [4.69, 9.17) is 14.7 Å². The summed E-state index contributed by atoms with van der Waals surface area (Å²) in [6, 6.07) is 0.449. The Morgan fingerprint density at radius 1 is 1.12 bits per heavy atom. The first-order valence-corrected chi connectivity index (χ1v) is 10.3. The Labute approximate surface area is 152 Å². The van der Waals surface area contributed by atoms with E-state index >= 15 is 0 Å². The highest BCUT2D eigenvalue weighted by molar-refractivity contribution is 5.98. The second-order valence-electron chi connectivity index (χ2n) is 9.15. The van der Waals surface area contributed by atoms with E-state index in [1.165, 1.54) is 44.5 Å². The number of hydrogen-bond donors (Lipinski definition) is 0. The maximum atomic E-state index is 5.90. The normalized spacial score (nSPS) is 40.2. The Kier molecular flexibility index (Phi) is 4.84. The molecule has 2 unspecified atom stereocenters. The van der Waals surface area contributed by atoms with Crippen LogP contribution in [0.15, 0.2) is 5.16 Å². The predicted octanol–water partition coefficient (Wildman–Crippen LogP) is 2.61. The molecule has 0 radical (unpaired) electrons. The SMILES string of the molecule is CC12CCC([C@H](N3CCOCC3)C1=NOCCN1CCCC1)C2(C)C. The molecule has 4 rings (SSSR count). The van der Waals surface area contributed by atoms with Crippen LogP contribution in [0, 0.1) is 16.7 Å². The van der Waals surface area contributed by atoms with Crippen LogP contribution in [-0.4, -0.2) is 74.1 Å². The van der Waals surface area contributed by atoms with E-state index in [9.17, 15) is 0 Å². The summed E-state index contributed by atoms with van der Waals surface area (Å²) in [6.45, 7) is 15.3. The molecule has 3 atom stereocenters. The molecule has 4 fully saturated rings. The van der Waals surface area contributed by atoms with Crippen molar-refractivity contribution in [1.29, 1.82) is 0 Å². The molecule has 4 aliphatic rings. The summed E-state index contributed by atoms with van der Waals surface area (Å²) in [5.74, 6) is 0.691. The third kappa shape index (κ3) is 2.92. The molecule has 0 aromatic carbocycles. The lowest BCUT2D eigenvalue weighted by atomic mass is 9.70. The molecule has 0 amide bonds. The third-order valence-corrected chi connectivity index (χ3v) is 7.83. The van der Waals surface area contributed by atoms with E-state index in [0.29, 0.717) is 17.4 Å². The van der Waals surface area contributed by atoms with E-state index in [1.54, 1.807) is 0 Å². The largest absolute Gasteiger partial charge is 0.394 e. The number of rotatable bonds is 5. The van der Waals surface area contributed by atoms with Crippen LogP contribution in [0.3, 0.4) is 0 Å². The number of ether oxygens (including phenoxy) is 1. The van der Waals surface area contributed by atoms with Crippen molar-refractivity contribution in [3.8, 4) is 0 Å². The average Bonchev–Trinajstić information content (AvgIpc) is 3.24. The molecule has 2 aliphatic carbocycles. The lowest BCUT2D eigenvalue weighted by Gasteiger charge is -2.38. The molecule has 0 aromatic heterocycles. The quantitative estimate of drug-likeness (QED) is 0.565. The molecule has 2 saturated heterocycles. The molecule has 0 aromatic rings. The van der Waals surface area contributed by atoms with Gasteiger partial charge in [0, 0.05) is 25.0 Å². The predicted molar refractivity (Wildman–Crippen MR) is 99.9 cm³/mol. The number of morpholine rings is 1.